The number of esters is 1. The lowest BCUT2D eigenvalue weighted by Crippen LogP contribution is -2.02. The average Bonchev–Trinajstić information content (AvgIpc) is 3.17. The minimum absolute atomic E-state index is 0.0581. The van der Waals surface area contributed by atoms with Gasteiger partial charge in [-0.25, -0.2) is 9.78 Å². The normalized spacial score (nSPS) is 11.1. The van der Waals surface area contributed by atoms with Crippen LogP contribution in [-0.4, -0.2) is 11.0 Å². The van der Waals surface area contributed by atoms with Crippen molar-refractivity contribution in [3.63, 3.8) is 0 Å². The molecule has 3 aromatic rings. The second-order valence-electron chi connectivity index (χ2n) is 5.28. The number of nitrogens with zero attached hydrogens (tertiary/aromatic N) is 1. The van der Waals surface area contributed by atoms with Crippen molar-refractivity contribution in [2.45, 2.75) is 20.5 Å². The Hall–Kier alpha value is -3.08. The third kappa shape index (κ3) is 3.81. The van der Waals surface area contributed by atoms with Crippen molar-refractivity contribution in [2.24, 2.45) is 0 Å². The van der Waals surface area contributed by atoms with Crippen LogP contribution < -0.4 is 0 Å². The number of oxazole rings is 1. The van der Waals surface area contributed by atoms with E-state index >= 15 is 0 Å². The monoisotopic (exact) mass is 323 g/mol. The first-order valence-corrected chi connectivity index (χ1v) is 7.55. The Bertz CT molecular complexity index is 859. The van der Waals surface area contributed by atoms with Gasteiger partial charge < -0.3 is 13.6 Å². The van der Waals surface area contributed by atoms with E-state index in [1.54, 1.807) is 19.1 Å². The molecule has 0 aliphatic rings. The van der Waals surface area contributed by atoms with Gasteiger partial charge in [-0.1, -0.05) is 18.2 Å². The van der Waals surface area contributed by atoms with Gasteiger partial charge in [-0.05, 0) is 44.2 Å². The van der Waals surface area contributed by atoms with Gasteiger partial charge in [0.2, 0.25) is 5.89 Å². The van der Waals surface area contributed by atoms with E-state index in [0.29, 0.717) is 23.1 Å². The number of carbonyl (C=O) groups excluding carboxylic acids is 1. The fourth-order valence-corrected chi connectivity index (χ4v) is 2.15. The molecule has 5 heteroatoms. The van der Waals surface area contributed by atoms with E-state index in [1.807, 2.05) is 43.3 Å². The molecule has 2 aromatic heterocycles. The largest absolute Gasteiger partial charge is 0.462 e. The molecule has 122 valence electrons. The topological polar surface area (TPSA) is 65.5 Å². The fraction of sp³-hybridized carbons (Fsp3) is 0.158. The molecule has 0 spiro atoms. The molecule has 0 saturated carbocycles. The van der Waals surface area contributed by atoms with Gasteiger partial charge in [0.15, 0.2) is 0 Å². The second kappa shape index (κ2) is 7.00. The third-order valence-electron chi connectivity index (χ3n) is 3.41. The van der Waals surface area contributed by atoms with Crippen molar-refractivity contribution in [1.82, 2.24) is 4.98 Å². The van der Waals surface area contributed by atoms with E-state index in [2.05, 4.69) is 4.98 Å². The van der Waals surface area contributed by atoms with Crippen LogP contribution in [0.15, 0.2) is 57.4 Å². The van der Waals surface area contributed by atoms with Crippen LogP contribution in [0.5, 0.6) is 0 Å². The summed E-state index contributed by atoms with van der Waals surface area (Å²) >= 11 is 0. The summed E-state index contributed by atoms with van der Waals surface area (Å²) in [6.07, 6.45) is 2.90. The van der Waals surface area contributed by atoms with Crippen LogP contribution in [0.3, 0.4) is 0 Å². The maximum Gasteiger partial charge on any atom is 0.331 e. The number of ether oxygens (including phenoxy) is 1. The molecular formula is C19H17NO4. The zero-order valence-electron chi connectivity index (χ0n) is 13.5. The lowest BCUT2D eigenvalue weighted by Gasteiger charge is -1.98. The Labute approximate surface area is 139 Å². The summed E-state index contributed by atoms with van der Waals surface area (Å²) in [5.41, 5.74) is 1.48. The zero-order valence-corrected chi connectivity index (χ0v) is 13.5. The summed E-state index contributed by atoms with van der Waals surface area (Å²) in [6, 6.07) is 13.2. The summed E-state index contributed by atoms with van der Waals surface area (Å²) in [5, 5.41) is 0. The second-order valence-corrected chi connectivity index (χ2v) is 5.28. The van der Waals surface area contributed by atoms with Crippen LogP contribution in [0.25, 0.3) is 17.5 Å². The summed E-state index contributed by atoms with van der Waals surface area (Å²) in [6.45, 7) is 3.69. The molecule has 0 fully saturated rings. The molecule has 0 radical (unpaired) electrons. The van der Waals surface area contributed by atoms with Crippen molar-refractivity contribution < 1.29 is 18.4 Å². The van der Waals surface area contributed by atoms with Crippen LogP contribution in [0, 0.1) is 13.8 Å². The highest BCUT2D eigenvalue weighted by atomic mass is 16.5. The Morgan fingerprint density at radius 1 is 1.12 bits per heavy atom. The lowest BCUT2D eigenvalue weighted by molar-refractivity contribution is -0.139. The van der Waals surface area contributed by atoms with Crippen LogP contribution in [0.4, 0.5) is 0 Å². The smallest absolute Gasteiger partial charge is 0.331 e. The predicted octanol–water partition coefficient (Wildman–Crippen LogP) is 4.31. The lowest BCUT2D eigenvalue weighted by atomic mass is 10.2. The molecule has 0 N–H and O–H groups in total. The number of hydrogen-bond acceptors (Lipinski definition) is 5. The number of rotatable bonds is 5. The van der Waals surface area contributed by atoms with Gasteiger partial charge in [0.25, 0.3) is 0 Å². The molecule has 1 aromatic carbocycles. The van der Waals surface area contributed by atoms with Crippen LogP contribution >= 0.6 is 0 Å². The number of hydrogen-bond donors (Lipinski definition) is 0. The van der Waals surface area contributed by atoms with Crippen molar-refractivity contribution in [3.05, 3.63) is 71.5 Å². The molecule has 24 heavy (non-hydrogen) atoms. The van der Waals surface area contributed by atoms with Gasteiger partial charge in [-0.2, -0.15) is 0 Å². The Morgan fingerprint density at radius 3 is 2.62 bits per heavy atom. The molecule has 0 bridgehead atoms. The van der Waals surface area contributed by atoms with Gasteiger partial charge in [0.05, 0.1) is 0 Å². The van der Waals surface area contributed by atoms with Crippen LogP contribution in [0.1, 0.15) is 23.0 Å². The Balaban J connectivity index is 1.61. The number of aromatic nitrogens is 1. The van der Waals surface area contributed by atoms with Crippen molar-refractivity contribution >= 4 is 12.0 Å². The first-order chi connectivity index (χ1) is 11.6. The summed E-state index contributed by atoms with van der Waals surface area (Å²) in [4.78, 5) is 16.2. The van der Waals surface area contributed by atoms with E-state index in [0.717, 1.165) is 11.3 Å². The number of furan rings is 1. The molecular weight excluding hydrogens is 306 g/mol. The van der Waals surface area contributed by atoms with Gasteiger partial charge in [-0.3, -0.25) is 0 Å². The highest BCUT2D eigenvalue weighted by Crippen LogP contribution is 2.21. The van der Waals surface area contributed by atoms with Crippen molar-refractivity contribution in [2.75, 3.05) is 0 Å². The summed E-state index contributed by atoms with van der Waals surface area (Å²) < 4.78 is 16.2. The third-order valence-corrected chi connectivity index (χ3v) is 3.41. The predicted molar refractivity (Wildman–Crippen MR) is 89.0 cm³/mol. The molecule has 2 heterocycles. The summed E-state index contributed by atoms with van der Waals surface area (Å²) in [5.74, 6) is 2.07. The standard InChI is InChI=1S/C19H17NO4/c1-13-8-9-16(23-13)10-11-18(21)22-12-17-14(2)24-19(20-17)15-6-4-3-5-7-15/h3-11H,12H2,1-2H3/b11-10+. The van der Waals surface area contributed by atoms with E-state index in [4.69, 9.17) is 13.6 Å². The van der Waals surface area contributed by atoms with E-state index in [9.17, 15) is 4.79 Å². The molecule has 0 unspecified atom stereocenters. The van der Waals surface area contributed by atoms with Gasteiger partial charge in [-0.15, -0.1) is 0 Å². The highest BCUT2D eigenvalue weighted by molar-refractivity contribution is 5.86. The van der Waals surface area contributed by atoms with Gasteiger partial charge in [0, 0.05) is 11.6 Å². The number of carbonyl (C=O) groups is 1. The van der Waals surface area contributed by atoms with E-state index in [1.165, 1.54) is 6.08 Å². The first kappa shape index (κ1) is 15.8. The Kier molecular flexibility index (Phi) is 4.61. The van der Waals surface area contributed by atoms with Crippen LogP contribution in [-0.2, 0) is 16.1 Å². The maximum atomic E-state index is 11.8. The summed E-state index contributed by atoms with van der Waals surface area (Å²) in [7, 11) is 0. The molecule has 0 aliphatic carbocycles. The first-order valence-electron chi connectivity index (χ1n) is 7.55. The van der Waals surface area contributed by atoms with Crippen molar-refractivity contribution in [3.8, 4) is 11.5 Å². The molecule has 0 amide bonds. The minimum atomic E-state index is -0.465. The maximum absolute atomic E-state index is 11.8. The molecule has 0 atom stereocenters. The zero-order chi connectivity index (χ0) is 16.9. The Morgan fingerprint density at radius 2 is 1.92 bits per heavy atom. The number of benzene rings is 1. The average molecular weight is 323 g/mol. The minimum Gasteiger partial charge on any atom is -0.462 e. The fourth-order valence-electron chi connectivity index (χ4n) is 2.15. The van der Waals surface area contributed by atoms with Gasteiger partial charge in [0.1, 0.15) is 29.6 Å². The SMILES string of the molecule is Cc1ccc(/C=C/C(=O)OCc2nc(-c3ccccc3)oc2C)o1. The molecule has 3 rings (SSSR count). The van der Waals surface area contributed by atoms with E-state index in [-0.39, 0.29) is 6.61 Å². The van der Waals surface area contributed by atoms with Crippen molar-refractivity contribution in [1.29, 1.82) is 0 Å². The highest BCUT2D eigenvalue weighted by Gasteiger charge is 2.12. The number of aryl methyl sites for hydroxylation is 2. The van der Waals surface area contributed by atoms with Crippen LogP contribution in [0.2, 0.25) is 0 Å². The quantitative estimate of drug-likeness (QED) is 0.517. The molecule has 0 aliphatic heterocycles. The molecule has 0 saturated heterocycles. The van der Waals surface area contributed by atoms with E-state index < -0.39 is 5.97 Å². The molecule has 5 nitrogen and oxygen atoms in total. The van der Waals surface area contributed by atoms with Gasteiger partial charge >= 0.3 is 5.97 Å².